The first-order valence-corrected chi connectivity index (χ1v) is 8.32. The summed E-state index contributed by atoms with van der Waals surface area (Å²) in [6.45, 7) is 1.24. The number of H-pyrrole nitrogens is 1. The van der Waals surface area contributed by atoms with Crippen LogP contribution in [0.5, 0.6) is 5.88 Å². The second-order valence-corrected chi connectivity index (χ2v) is 6.31. The normalized spacial score (nSPS) is 19.7. The topological polar surface area (TPSA) is 112 Å². The van der Waals surface area contributed by atoms with E-state index in [2.05, 4.69) is 25.8 Å². The van der Waals surface area contributed by atoms with E-state index in [-0.39, 0.29) is 11.8 Å². The number of nitrogens with zero attached hydrogens (tertiary/aromatic N) is 2. The molecule has 8 nitrogen and oxygen atoms in total. The van der Waals surface area contributed by atoms with Crippen LogP contribution in [0.15, 0.2) is 36.5 Å². The summed E-state index contributed by atoms with van der Waals surface area (Å²) in [5.41, 5.74) is 2.06. The molecule has 0 saturated carbocycles. The summed E-state index contributed by atoms with van der Waals surface area (Å²) >= 11 is 0. The fourth-order valence-electron chi connectivity index (χ4n) is 3.25. The van der Waals surface area contributed by atoms with Crippen molar-refractivity contribution in [1.29, 1.82) is 0 Å². The highest BCUT2D eigenvalue weighted by Gasteiger charge is 2.41. The monoisotopic (exact) mass is 353 g/mol. The quantitative estimate of drug-likeness (QED) is 0.567. The van der Waals surface area contributed by atoms with E-state index < -0.39 is 5.60 Å². The van der Waals surface area contributed by atoms with Crippen LogP contribution < -0.4 is 10.6 Å². The van der Waals surface area contributed by atoms with Crippen LogP contribution in [0.25, 0.3) is 22.2 Å². The molecule has 26 heavy (non-hydrogen) atoms. The smallest absolute Gasteiger partial charge is 0.257 e. The van der Waals surface area contributed by atoms with Gasteiger partial charge in [-0.25, -0.2) is 4.98 Å². The number of nitrogens with one attached hydrogen (secondary N) is 3. The Bertz CT molecular complexity index is 962. The number of pyridine rings is 1. The molecule has 4 rings (SSSR count). The van der Waals surface area contributed by atoms with Crippen molar-refractivity contribution >= 4 is 22.5 Å². The Balaban J connectivity index is 1.67. The van der Waals surface area contributed by atoms with Crippen molar-refractivity contribution in [3.63, 3.8) is 0 Å². The zero-order chi connectivity index (χ0) is 18.1. The third-order valence-corrected chi connectivity index (χ3v) is 4.76. The van der Waals surface area contributed by atoms with Gasteiger partial charge in [-0.05, 0) is 37.2 Å². The van der Waals surface area contributed by atoms with Gasteiger partial charge in [0.1, 0.15) is 5.69 Å². The number of ether oxygens (including phenoxy) is 1. The Labute approximate surface area is 149 Å². The lowest BCUT2D eigenvalue weighted by Gasteiger charge is -2.25. The minimum atomic E-state index is -0.842. The fourth-order valence-corrected chi connectivity index (χ4v) is 3.25. The Kier molecular flexibility index (Phi) is 4.06. The molecule has 3 heterocycles. The zero-order valence-electron chi connectivity index (χ0n) is 14.2. The Morgan fingerprint density at radius 1 is 1.35 bits per heavy atom. The molecule has 0 radical (unpaired) electrons. The van der Waals surface area contributed by atoms with E-state index in [1.807, 2.05) is 18.2 Å². The fraction of sp³-hybridized carbons (Fsp3) is 0.278. The Hall–Kier alpha value is -2.97. The number of aromatic amines is 1. The maximum atomic E-state index is 12.7. The highest BCUT2D eigenvalue weighted by atomic mass is 16.5. The number of aromatic hydroxyl groups is 1. The number of carbonyl (C=O) groups is 1. The number of fused-ring (bicyclic) bond motifs is 1. The summed E-state index contributed by atoms with van der Waals surface area (Å²) in [7, 11) is 1.56. The molecule has 0 unspecified atom stereocenters. The van der Waals surface area contributed by atoms with Crippen molar-refractivity contribution in [3.05, 3.63) is 36.5 Å². The van der Waals surface area contributed by atoms with Gasteiger partial charge in [-0.3, -0.25) is 9.89 Å². The SMILES string of the molecule is CO[C@@]1(C(=O)Nc2ccc3[nH]nc(-c4ccnc(O)c4)c3c2)CCNC1. The molecule has 1 saturated heterocycles. The van der Waals surface area contributed by atoms with E-state index in [0.29, 0.717) is 24.3 Å². The van der Waals surface area contributed by atoms with Crippen molar-refractivity contribution in [2.24, 2.45) is 0 Å². The molecule has 0 bridgehead atoms. The molecule has 1 aliphatic heterocycles. The van der Waals surface area contributed by atoms with Crippen LogP contribution in [0.4, 0.5) is 5.69 Å². The van der Waals surface area contributed by atoms with Gasteiger partial charge in [-0.2, -0.15) is 5.10 Å². The lowest BCUT2D eigenvalue weighted by Crippen LogP contribution is -2.46. The summed E-state index contributed by atoms with van der Waals surface area (Å²) < 4.78 is 5.48. The minimum Gasteiger partial charge on any atom is -0.493 e. The maximum absolute atomic E-state index is 12.7. The summed E-state index contributed by atoms with van der Waals surface area (Å²) in [5.74, 6) is -0.241. The number of carbonyl (C=O) groups excluding carboxylic acids is 1. The molecule has 1 fully saturated rings. The molecule has 1 atom stereocenters. The zero-order valence-corrected chi connectivity index (χ0v) is 14.2. The second-order valence-electron chi connectivity index (χ2n) is 6.31. The van der Waals surface area contributed by atoms with Crippen molar-refractivity contribution in [3.8, 4) is 17.1 Å². The molecular formula is C18H19N5O3. The molecule has 3 aromatic rings. The number of methoxy groups -OCH3 is 1. The first-order valence-electron chi connectivity index (χ1n) is 8.32. The van der Waals surface area contributed by atoms with Crippen LogP contribution in [0, 0.1) is 0 Å². The number of hydrogen-bond acceptors (Lipinski definition) is 6. The van der Waals surface area contributed by atoms with Crippen molar-refractivity contribution < 1.29 is 14.6 Å². The van der Waals surface area contributed by atoms with Crippen LogP contribution >= 0.6 is 0 Å². The van der Waals surface area contributed by atoms with Crippen molar-refractivity contribution in [1.82, 2.24) is 20.5 Å². The van der Waals surface area contributed by atoms with E-state index in [0.717, 1.165) is 23.0 Å². The predicted molar refractivity (Wildman–Crippen MR) is 96.8 cm³/mol. The predicted octanol–water partition coefficient (Wildman–Crippen LogP) is 1.65. The third kappa shape index (κ3) is 2.79. The van der Waals surface area contributed by atoms with Gasteiger partial charge in [0, 0.05) is 42.6 Å². The van der Waals surface area contributed by atoms with Crippen molar-refractivity contribution in [2.45, 2.75) is 12.0 Å². The van der Waals surface area contributed by atoms with E-state index in [4.69, 9.17) is 4.74 Å². The molecule has 1 amide bonds. The number of rotatable bonds is 4. The minimum absolute atomic E-state index is 0.0705. The maximum Gasteiger partial charge on any atom is 0.257 e. The van der Waals surface area contributed by atoms with Crippen LogP contribution in [-0.2, 0) is 9.53 Å². The lowest BCUT2D eigenvalue weighted by molar-refractivity contribution is -0.135. The average Bonchev–Trinajstić information content (AvgIpc) is 3.29. The number of benzene rings is 1. The number of hydrogen-bond donors (Lipinski definition) is 4. The van der Waals surface area contributed by atoms with Gasteiger partial charge in [0.25, 0.3) is 5.91 Å². The Morgan fingerprint density at radius 2 is 2.23 bits per heavy atom. The van der Waals surface area contributed by atoms with E-state index in [1.165, 1.54) is 6.20 Å². The van der Waals surface area contributed by atoms with Crippen LogP contribution in [-0.4, -0.2) is 52.0 Å². The molecule has 1 aromatic carbocycles. The van der Waals surface area contributed by atoms with Crippen LogP contribution in [0.3, 0.4) is 0 Å². The summed E-state index contributed by atoms with van der Waals surface area (Å²) in [5, 5.41) is 23.8. The molecule has 134 valence electrons. The second kappa shape index (κ2) is 6.40. The third-order valence-electron chi connectivity index (χ3n) is 4.76. The molecule has 4 N–H and O–H groups in total. The molecule has 0 aliphatic carbocycles. The van der Waals surface area contributed by atoms with Gasteiger partial charge >= 0.3 is 0 Å². The lowest BCUT2D eigenvalue weighted by atomic mass is 10.0. The van der Waals surface area contributed by atoms with E-state index >= 15 is 0 Å². The Morgan fingerprint density at radius 3 is 2.96 bits per heavy atom. The summed E-state index contributed by atoms with van der Waals surface area (Å²) in [6, 6.07) is 8.85. The van der Waals surface area contributed by atoms with Gasteiger partial charge in [-0.1, -0.05) is 0 Å². The molecular weight excluding hydrogens is 334 g/mol. The molecule has 8 heteroatoms. The molecule has 0 spiro atoms. The summed E-state index contributed by atoms with van der Waals surface area (Å²) in [4.78, 5) is 16.5. The highest BCUT2D eigenvalue weighted by molar-refractivity contribution is 6.01. The highest BCUT2D eigenvalue weighted by Crippen LogP contribution is 2.30. The standard InChI is InChI=1S/C18H19N5O3/c1-26-18(5-7-19-10-18)17(25)21-12-2-3-14-13(9-12)16(23-22-14)11-4-6-20-15(24)8-11/h2-4,6,8-9,19H,5,7,10H2,1H3,(H,20,24)(H,21,25)(H,22,23)/t18-/m0/s1. The molecule has 1 aliphatic rings. The average molecular weight is 353 g/mol. The molecule has 2 aromatic heterocycles. The number of amides is 1. The van der Waals surface area contributed by atoms with Gasteiger partial charge in [0.05, 0.1) is 5.52 Å². The first-order chi connectivity index (χ1) is 12.6. The van der Waals surface area contributed by atoms with Gasteiger partial charge < -0.3 is 20.5 Å². The van der Waals surface area contributed by atoms with Gasteiger partial charge in [0.15, 0.2) is 5.60 Å². The largest absolute Gasteiger partial charge is 0.493 e. The van der Waals surface area contributed by atoms with Crippen molar-refractivity contribution in [2.75, 3.05) is 25.5 Å². The van der Waals surface area contributed by atoms with Crippen LogP contribution in [0.2, 0.25) is 0 Å². The van der Waals surface area contributed by atoms with Crippen LogP contribution in [0.1, 0.15) is 6.42 Å². The van der Waals surface area contributed by atoms with E-state index in [9.17, 15) is 9.90 Å². The number of aromatic nitrogens is 3. The number of anilines is 1. The summed E-state index contributed by atoms with van der Waals surface area (Å²) in [6.07, 6.45) is 2.15. The van der Waals surface area contributed by atoms with Gasteiger partial charge in [-0.15, -0.1) is 0 Å². The first kappa shape index (κ1) is 16.5. The van der Waals surface area contributed by atoms with E-state index in [1.54, 1.807) is 19.2 Å². The van der Waals surface area contributed by atoms with Gasteiger partial charge in [0.2, 0.25) is 5.88 Å².